The van der Waals surface area contributed by atoms with Crippen LogP contribution in [0.15, 0.2) is 72.3 Å². The molecule has 31 heavy (non-hydrogen) atoms. The van der Waals surface area contributed by atoms with Crippen molar-refractivity contribution >= 4 is 21.9 Å². The van der Waals surface area contributed by atoms with Crippen LogP contribution >= 0.6 is 15.9 Å². The predicted molar refractivity (Wildman–Crippen MR) is 120 cm³/mol. The van der Waals surface area contributed by atoms with Crippen molar-refractivity contribution in [2.75, 3.05) is 19.5 Å². The fourth-order valence-electron chi connectivity index (χ4n) is 3.41. The number of alkyl halides is 1. The van der Waals surface area contributed by atoms with Crippen molar-refractivity contribution in [3.05, 3.63) is 83.4 Å². The molecule has 0 unspecified atom stereocenters. The zero-order valence-corrected chi connectivity index (χ0v) is 19.2. The van der Waals surface area contributed by atoms with Crippen LogP contribution in [0.4, 0.5) is 0 Å². The van der Waals surface area contributed by atoms with Crippen LogP contribution in [0.1, 0.15) is 11.1 Å². The van der Waals surface area contributed by atoms with Crippen molar-refractivity contribution in [1.82, 2.24) is 0 Å². The van der Waals surface area contributed by atoms with Crippen molar-refractivity contribution in [3.63, 3.8) is 0 Å². The molecular formula is C24H27BrO6. The smallest absolute Gasteiger partial charge is 0.330 e. The Bertz CT molecular complexity index is 842. The van der Waals surface area contributed by atoms with Gasteiger partial charge in [0.2, 0.25) is 0 Å². The van der Waals surface area contributed by atoms with Gasteiger partial charge in [0.05, 0.1) is 26.4 Å². The largest absolute Gasteiger partial charge is 0.466 e. The van der Waals surface area contributed by atoms with Gasteiger partial charge < -0.3 is 23.7 Å². The second-order valence-corrected chi connectivity index (χ2v) is 7.69. The average Bonchev–Trinajstić information content (AvgIpc) is 2.83. The van der Waals surface area contributed by atoms with Gasteiger partial charge in [-0.3, -0.25) is 0 Å². The summed E-state index contributed by atoms with van der Waals surface area (Å²) in [6.45, 7) is 0.730. The molecule has 6 nitrogen and oxygen atoms in total. The minimum Gasteiger partial charge on any atom is -0.466 e. The molecule has 0 amide bonds. The molecule has 0 radical (unpaired) electrons. The van der Waals surface area contributed by atoms with Crippen molar-refractivity contribution in [2.45, 2.75) is 37.8 Å². The number of carbonyl (C=O) groups excluding carboxylic acids is 1. The number of methoxy groups -OCH3 is 2. The van der Waals surface area contributed by atoms with Crippen molar-refractivity contribution in [3.8, 4) is 0 Å². The second kappa shape index (κ2) is 12.1. The van der Waals surface area contributed by atoms with E-state index in [1.165, 1.54) is 20.3 Å². The molecule has 0 saturated carbocycles. The Morgan fingerprint density at radius 2 is 1.55 bits per heavy atom. The lowest BCUT2D eigenvalue weighted by molar-refractivity contribution is -0.225. The van der Waals surface area contributed by atoms with E-state index in [4.69, 9.17) is 23.7 Å². The molecule has 0 aromatic heterocycles. The van der Waals surface area contributed by atoms with Crippen LogP contribution in [0.3, 0.4) is 0 Å². The lowest BCUT2D eigenvalue weighted by Crippen LogP contribution is -2.53. The zero-order valence-electron chi connectivity index (χ0n) is 17.6. The Kier molecular flexibility index (Phi) is 9.24. The Hall–Kier alpha value is -2.03. The lowest BCUT2D eigenvalue weighted by atomic mass is 9.95. The highest BCUT2D eigenvalue weighted by atomic mass is 79.9. The highest BCUT2D eigenvalue weighted by molar-refractivity contribution is 9.09. The fourth-order valence-corrected chi connectivity index (χ4v) is 3.93. The van der Waals surface area contributed by atoms with Crippen LogP contribution in [-0.2, 0) is 41.7 Å². The molecule has 4 atom stereocenters. The maximum atomic E-state index is 12.1. The number of hydrogen-bond donors (Lipinski definition) is 0. The quantitative estimate of drug-likeness (QED) is 0.300. The van der Waals surface area contributed by atoms with Gasteiger partial charge in [0.15, 0.2) is 6.29 Å². The van der Waals surface area contributed by atoms with E-state index in [-0.39, 0.29) is 6.10 Å². The minimum absolute atomic E-state index is 0.343. The third-order valence-corrected chi connectivity index (χ3v) is 5.61. The third-order valence-electron chi connectivity index (χ3n) is 4.97. The summed E-state index contributed by atoms with van der Waals surface area (Å²) in [7, 11) is 2.86. The molecule has 1 fully saturated rings. The summed E-state index contributed by atoms with van der Waals surface area (Å²) in [5.74, 6) is -0.506. The SMILES string of the molecule is COC(=O)/C=C1/[C@@H](OC)O[C@H](CBr)[C@@H](OCc2ccccc2)[C@H]1OCc1ccccc1. The summed E-state index contributed by atoms with van der Waals surface area (Å²) in [6.07, 6.45) is -0.759. The lowest BCUT2D eigenvalue weighted by Gasteiger charge is -2.42. The minimum atomic E-state index is -0.751. The van der Waals surface area contributed by atoms with Gasteiger partial charge in [-0.05, 0) is 11.1 Å². The molecule has 1 aliphatic rings. The first-order chi connectivity index (χ1) is 15.2. The maximum absolute atomic E-state index is 12.1. The summed E-state index contributed by atoms with van der Waals surface area (Å²) in [5.41, 5.74) is 2.57. The molecule has 0 aliphatic carbocycles. The first-order valence-corrected chi connectivity index (χ1v) is 11.1. The molecular weight excluding hydrogens is 464 g/mol. The Morgan fingerprint density at radius 1 is 0.968 bits per heavy atom. The number of halogens is 1. The van der Waals surface area contributed by atoms with Crippen LogP contribution < -0.4 is 0 Å². The number of benzene rings is 2. The molecule has 1 aliphatic heterocycles. The van der Waals surface area contributed by atoms with E-state index in [1.807, 2.05) is 60.7 Å². The molecule has 3 rings (SSSR count). The van der Waals surface area contributed by atoms with E-state index in [0.717, 1.165) is 11.1 Å². The summed E-state index contributed by atoms with van der Waals surface area (Å²) in [5, 5.41) is 0.517. The molecule has 0 spiro atoms. The number of rotatable bonds is 9. The van der Waals surface area contributed by atoms with Crippen LogP contribution in [-0.4, -0.2) is 50.1 Å². The molecule has 2 aromatic carbocycles. The van der Waals surface area contributed by atoms with Crippen LogP contribution in [0.2, 0.25) is 0 Å². The van der Waals surface area contributed by atoms with Gasteiger partial charge in [0.25, 0.3) is 0 Å². The van der Waals surface area contributed by atoms with E-state index >= 15 is 0 Å². The molecule has 1 heterocycles. The number of carbonyl (C=O) groups is 1. The Morgan fingerprint density at radius 3 is 2.06 bits per heavy atom. The summed E-state index contributed by atoms with van der Waals surface area (Å²) >= 11 is 3.52. The predicted octanol–water partition coefficient (Wildman–Crippen LogP) is 4.02. The standard InChI is InChI=1S/C24H27BrO6/c1-27-21(26)13-19-22(29-15-17-9-5-3-6-10-17)23(20(14-25)31-24(19)28-2)30-16-18-11-7-4-8-12-18/h3-13,20,22-24H,14-16H2,1-2H3/b19-13+/t20-,22+,23-,24+/m1/s1. The summed E-state index contributed by atoms with van der Waals surface area (Å²) < 4.78 is 29.0. The van der Waals surface area contributed by atoms with Gasteiger partial charge >= 0.3 is 5.97 Å². The first-order valence-electron chi connectivity index (χ1n) is 10.0. The normalized spacial score (nSPS) is 24.8. The number of esters is 1. The molecule has 2 aromatic rings. The van der Waals surface area contributed by atoms with Crippen LogP contribution in [0.5, 0.6) is 0 Å². The van der Waals surface area contributed by atoms with E-state index in [1.54, 1.807) is 0 Å². The molecule has 0 bridgehead atoms. The maximum Gasteiger partial charge on any atom is 0.330 e. The molecule has 0 N–H and O–H groups in total. The Labute approximate surface area is 191 Å². The number of ether oxygens (including phenoxy) is 5. The average molecular weight is 491 g/mol. The Balaban J connectivity index is 1.89. The van der Waals surface area contributed by atoms with E-state index in [0.29, 0.717) is 24.1 Å². The highest BCUT2D eigenvalue weighted by Crippen LogP contribution is 2.32. The second-order valence-electron chi connectivity index (χ2n) is 7.04. The number of hydrogen-bond acceptors (Lipinski definition) is 6. The fraction of sp³-hybridized carbons (Fsp3) is 0.375. The summed E-state index contributed by atoms with van der Waals surface area (Å²) in [6, 6.07) is 19.7. The van der Waals surface area contributed by atoms with Gasteiger partial charge in [-0.1, -0.05) is 76.6 Å². The van der Waals surface area contributed by atoms with Gasteiger partial charge in [0, 0.05) is 24.1 Å². The third kappa shape index (κ3) is 6.48. The monoisotopic (exact) mass is 490 g/mol. The van der Waals surface area contributed by atoms with Gasteiger partial charge in [-0.25, -0.2) is 4.79 Å². The summed E-state index contributed by atoms with van der Waals surface area (Å²) in [4.78, 5) is 12.1. The topological polar surface area (TPSA) is 63.2 Å². The highest BCUT2D eigenvalue weighted by Gasteiger charge is 2.44. The van der Waals surface area contributed by atoms with Crippen LogP contribution in [0.25, 0.3) is 0 Å². The van der Waals surface area contributed by atoms with E-state index in [2.05, 4.69) is 15.9 Å². The van der Waals surface area contributed by atoms with E-state index < -0.39 is 24.5 Å². The molecule has 7 heteroatoms. The molecule has 1 saturated heterocycles. The zero-order chi connectivity index (χ0) is 22.1. The first kappa shape index (κ1) is 23.6. The van der Waals surface area contributed by atoms with Crippen molar-refractivity contribution in [2.24, 2.45) is 0 Å². The van der Waals surface area contributed by atoms with Crippen molar-refractivity contribution in [1.29, 1.82) is 0 Å². The van der Waals surface area contributed by atoms with Gasteiger partial charge in [-0.2, -0.15) is 0 Å². The van der Waals surface area contributed by atoms with Crippen molar-refractivity contribution < 1.29 is 28.5 Å². The molecule has 166 valence electrons. The van der Waals surface area contributed by atoms with E-state index in [9.17, 15) is 4.79 Å². The van der Waals surface area contributed by atoms with Gasteiger partial charge in [0.1, 0.15) is 12.2 Å². The van der Waals surface area contributed by atoms with Gasteiger partial charge in [-0.15, -0.1) is 0 Å². The van der Waals surface area contributed by atoms with Crippen LogP contribution in [0, 0.1) is 0 Å².